The SMILES string of the molecule is CN(CC(N)=O)C(=O)OCc1cccc2n[nH]c([C@@H](COCc3ccc(F)cc3F)NC(=O)C(C)(C)N)c12. The molecule has 0 radical (unpaired) electrons. The van der Waals surface area contributed by atoms with Crippen molar-refractivity contribution >= 4 is 28.8 Å². The zero-order valence-corrected chi connectivity index (χ0v) is 21.2. The van der Waals surface area contributed by atoms with Crippen LogP contribution in [0.3, 0.4) is 0 Å². The van der Waals surface area contributed by atoms with Gasteiger partial charge in [0.2, 0.25) is 11.8 Å². The van der Waals surface area contributed by atoms with Crippen LogP contribution in [0, 0.1) is 11.6 Å². The summed E-state index contributed by atoms with van der Waals surface area (Å²) in [5, 5.41) is 10.6. The first-order valence-electron chi connectivity index (χ1n) is 11.6. The first-order valence-corrected chi connectivity index (χ1v) is 11.6. The Labute approximate surface area is 217 Å². The van der Waals surface area contributed by atoms with Crippen molar-refractivity contribution in [2.45, 2.75) is 38.6 Å². The van der Waals surface area contributed by atoms with Crippen molar-refractivity contribution in [3.8, 4) is 0 Å². The zero-order chi connectivity index (χ0) is 28.0. The highest BCUT2D eigenvalue weighted by Gasteiger charge is 2.28. The number of H-pyrrole nitrogens is 1. The van der Waals surface area contributed by atoms with Crippen LogP contribution >= 0.6 is 0 Å². The summed E-state index contributed by atoms with van der Waals surface area (Å²) in [6.45, 7) is 2.28. The number of carbonyl (C=O) groups excluding carboxylic acids is 3. The average molecular weight is 533 g/mol. The summed E-state index contributed by atoms with van der Waals surface area (Å²) >= 11 is 0. The molecule has 38 heavy (non-hydrogen) atoms. The molecule has 0 bridgehead atoms. The highest BCUT2D eigenvalue weighted by molar-refractivity contribution is 5.88. The fraction of sp³-hybridized carbons (Fsp3) is 0.360. The van der Waals surface area contributed by atoms with Gasteiger partial charge in [0.15, 0.2) is 0 Å². The lowest BCUT2D eigenvalue weighted by molar-refractivity contribution is -0.126. The Morgan fingerprint density at radius 1 is 1.16 bits per heavy atom. The number of nitrogens with one attached hydrogen (secondary N) is 2. The maximum atomic E-state index is 14.1. The molecule has 204 valence electrons. The molecule has 3 amide bonds. The number of primary amides is 1. The second-order valence-electron chi connectivity index (χ2n) is 9.32. The highest BCUT2D eigenvalue weighted by Crippen LogP contribution is 2.27. The largest absolute Gasteiger partial charge is 0.445 e. The van der Waals surface area contributed by atoms with Crippen LogP contribution in [0.15, 0.2) is 36.4 Å². The molecule has 0 aliphatic rings. The van der Waals surface area contributed by atoms with Gasteiger partial charge in [0.1, 0.15) is 24.8 Å². The number of rotatable bonds is 11. The third-order valence-corrected chi connectivity index (χ3v) is 5.55. The minimum absolute atomic E-state index is 0.120. The third-order valence-electron chi connectivity index (χ3n) is 5.55. The summed E-state index contributed by atoms with van der Waals surface area (Å²) in [6.07, 6.45) is -0.759. The Morgan fingerprint density at radius 3 is 2.55 bits per heavy atom. The molecular formula is C25H30F2N6O5. The number of ether oxygens (including phenoxy) is 2. The number of hydrogen-bond donors (Lipinski definition) is 4. The number of aromatic nitrogens is 2. The van der Waals surface area contributed by atoms with Crippen LogP contribution in [0.25, 0.3) is 10.9 Å². The van der Waals surface area contributed by atoms with Crippen LogP contribution in [0.1, 0.15) is 36.7 Å². The van der Waals surface area contributed by atoms with E-state index in [0.717, 1.165) is 17.0 Å². The Kier molecular flexibility index (Phi) is 8.96. The summed E-state index contributed by atoms with van der Waals surface area (Å²) in [4.78, 5) is 37.1. The summed E-state index contributed by atoms with van der Waals surface area (Å²) in [5.74, 6) is -2.64. The van der Waals surface area contributed by atoms with E-state index in [1.54, 1.807) is 18.2 Å². The van der Waals surface area contributed by atoms with E-state index < -0.39 is 41.1 Å². The Bertz CT molecular complexity index is 1320. The lowest BCUT2D eigenvalue weighted by Gasteiger charge is -2.24. The maximum absolute atomic E-state index is 14.1. The van der Waals surface area contributed by atoms with Crippen molar-refractivity contribution in [2.24, 2.45) is 11.5 Å². The van der Waals surface area contributed by atoms with E-state index in [-0.39, 0.29) is 31.9 Å². The van der Waals surface area contributed by atoms with Gasteiger partial charge in [-0.05, 0) is 26.0 Å². The number of likely N-dealkylation sites (N-methyl/N-ethyl adjacent to an activating group) is 1. The summed E-state index contributed by atoms with van der Waals surface area (Å²) in [7, 11) is 1.37. The van der Waals surface area contributed by atoms with Gasteiger partial charge in [0.25, 0.3) is 0 Å². The van der Waals surface area contributed by atoms with Crippen LogP contribution in [0.5, 0.6) is 0 Å². The van der Waals surface area contributed by atoms with E-state index in [2.05, 4.69) is 15.5 Å². The molecule has 0 saturated carbocycles. The molecule has 6 N–H and O–H groups in total. The molecule has 0 aliphatic carbocycles. The monoisotopic (exact) mass is 532 g/mol. The number of nitrogens with zero attached hydrogens (tertiary/aromatic N) is 2. The quantitative estimate of drug-likeness (QED) is 0.293. The van der Waals surface area contributed by atoms with Crippen molar-refractivity contribution in [3.63, 3.8) is 0 Å². The number of aromatic amines is 1. The molecule has 11 nitrogen and oxygen atoms in total. The van der Waals surface area contributed by atoms with Crippen LogP contribution in [-0.2, 0) is 32.3 Å². The van der Waals surface area contributed by atoms with E-state index in [1.807, 2.05) is 0 Å². The Morgan fingerprint density at radius 2 is 1.89 bits per heavy atom. The van der Waals surface area contributed by atoms with Crippen LogP contribution < -0.4 is 16.8 Å². The number of benzene rings is 2. The lowest BCUT2D eigenvalue weighted by atomic mass is 10.0. The van der Waals surface area contributed by atoms with Crippen molar-refractivity contribution in [1.82, 2.24) is 20.4 Å². The van der Waals surface area contributed by atoms with Gasteiger partial charge in [-0.15, -0.1) is 0 Å². The Balaban J connectivity index is 1.86. The van der Waals surface area contributed by atoms with Crippen molar-refractivity contribution in [1.29, 1.82) is 0 Å². The highest BCUT2D eigenvalue weighted by atomic mass is 19.1. The number of halogens is 2. The van der Waals surface area contributed by atoms with Gasteiger partial charge in [0.05, 0.1) is 36.0 Å². The van der Waals surface area contributed by atoms with Gasteiger partial charge in [-0.3, -0.25) is 14.7 Å². The fourth-order valence-electron chi connectivity index (χ4n) is 3.55. The van der Waals surface area contributed by atoms with E-state index in [1.165, 1.54) is 27.0 Å². The first-order chi connectivity index (χ1) is 17.9. The molecule has 1 heterocycles. The normalized spacial score (nSPS) is 12.3. The molecule has 0 spiro atoms. The maximum Gasteiger partial charge on any atom is 0.410 e. The molecule has 0 saturated heterocycles. The predicted octanol–water partition coefficient (Wildman–Crippen LogP) is 2.01. The van der Waals surface area contributed by atoms with E-state index in [9.17, 15) is 23.2 Å². The van der Waals surface area contributed by atoms with Crippen molar-refractivity contribution in [3.05, 3.63) is 64.9 Å². The van der Waals surface area contributed by atoms with Gasteiger partial charge < -0.3 is 31.2 Å². The lowest BCUT2D eigenvalue weighted by Crippen LogP contribution is -2.50. The summed E-state index contributed by atoms with van der Waals surface area (Å²) in [5.41, 5.74) is 11.5. The van der Waals surface area contributed by atoms with E-state index in [4.69, 9.17) is 20.9 Å². The molecule has 0 aliphatic heterocycles. The molecule has 1 aromatic heterocycles. The fourth-order valence-corrected chi connectivity index (χ4v) is 3.55. The molecular weight excluding hydrogens is 502 g/mol. The minimum Gasteiger partial charge on any atom is -0.445 e. The van der Waals surface area contributed by atoms with Crippen LogP contribution in [0.4, 0.5) is 13.6 Å². The number of amides is 3. The third kappa shape index (κ3) is 7.23. The first kappa shape index (κ1) is 28.5. The number of carbonyl (C=O) groups is 3. The number of nitrogens with two attached hydrogens (primary N) is 2. The second kappa shape index (κ2) is 12.0. The van der Waals surface area contributed by atoms with Crippen molar-refractivity contribution in [2.75, 3.05) is 20.2 Å². The number of hydrogen-bond acceptors (Lipinski definition) is 7. The molecule has 0 fully saturated rings. The second-order valence-corrected chi connectivity index (χ2v) is 9.32. The Hall–Kier alpha value is -4.10. The molecule has 13 heteroatoms. The van der Waals surface area contributed by atoms with Gasteiger partial charge in [-0.2, -0.15) is 5.10 Å². The number of fused-ring (bicyclic) bond motifs is 1. The minimum atomic E-state index is -1.22. The van der Waals surface area contributed by atoms with Gasteiger partial charge in [-0.25, -0.2) is 13.6 Å². The standard InChI is InChI=1S/C25H30F2N6O5/c1-25(2,29)23(35)30-19(13-37-11-14-7-8-16(26)9-17(14)27)22-21-15(5-4-6-18(21)31-32-22)12-38-24(36)33(3)10-20(28)34/h4-9,19H,10-13,29H2,1-3H3,(H2,28,34)(H,30,35)(H,31,32)/t19-/m1/s1. The van der Waals surface area contributed by atoms with E-state index >= 15 is 0 Å². The summed E-state index contributed by atoms with van der Waals surface area (Å²) in [6, 6.07) is 7.49. The van der Waals surface area contributed by atoms with Gasteiger partial charge in [0, 0.05) is 29.6 Å². The van der Waals surface area contributed by atoms with Crippen molar-refractivity contribution < 1.29 is 32.6 Å². The predicted molar refractivity (Wildman–Crippen MR) is 133 cm³/mol. The molecule has 3 rings (SSSR count). The molecule has 1 atom stereocenters. The smallest absolute Gasteiger partial charge is 0.410 e. The molecule has 3 aromatic rings. The molecule has 2 aromatic carbocycles. The topological polar surface area (TPSA) is 166 Å². The van der Waals surface area contributed by atoms with Crippen LogP contribution in [0.2, 0.25) is 0 Å². The molecule has 0 unspecified atom stereocenters. The van der Waals surface area contributed by atoms with E-state index in [0.29, 0.717) is 22.2 Å². The summed E-state index contributed by atoms with van der Waals surface area (Å²) < 4.78 is 38.3. The van der Waals surface area contributed by atoms with Gasteiger partial charge >= 0.3 is 6.09 Å². The van der Waals surface area contributed by atoms with Crippen LogP contribution in [-0.4, -0.2) is 58.7 Å². The zero-order valence-electron chi connectivity index (χ0n) is 21.2. The average Bonchev–Trinajstić information content (AvgIpc) is 3.26. The van der Waals surface area contributed by atoms with Gasteiger partial charge in [-0.1, -0.05) is 18.2 Å².